The van der Waals surface area contributed by atoms with Crippen LogP contribution in [0.1, 0.15) is 0 Å². The highest BCUT2D eigenvalue weighted by Crippen LogP contribution is 2.39. The van der Waals surface area contributed by atoms with Crippen molar-refractivity contribution in [1.29, 1.82) is 0 Å². The second-order valence-corrected chi connectivity index (χ2v) is 14.1. The topological polar surface area (TPSA) is 43.6 Å². The standard InChI is InChI=1S/C51H32N4/c1-3-13-37(14-4-1)51-54-45-28-27-36-23-21-35-22-26-42(31-44(35)48(36)49(45)55(51)43-17-5-2-6-18-43)50-52-46(40-24-19-33-11-7-9-15-38(33)29-40)32-47(53-50)41-25-20-34-12-8-10-16-39(34)30-41/h1-32H. The minimum absolute atomic E-state index is 0.682. The van der Waals surface area contributed by atoms with Crippen LogP contribution in [0, 0.1) is 0 Å². The Labute approximate surface area is 317 Å². The Morgan fingerprint density at radius 2 is 0.873 bits per heavy atom. The molecule has 2 heterocycles. The number of nitrogens with zero attached hydrogens (tertiary/aromatic N) is 4. The highest BCUT2D eigenvalue weighted by Gasteiger charge is 2.19. The van der Waals surface area contributed by atoms with Gasteiger partial charge in [-0.2, -0.15) is 0 Å². The monoisotopic (exact) mass is 700 g/mol. The summed E-state index contributed by atoms with van der Waals surface area (Å²) in [6, 6.07) is 68.6. The molecule has 0 atom stereocenters. The van der Waals surface area contributed by atoms with Crippen LogP contribution in [0.4, 0.5) is 0 Å². The SMILES string of the molecule is c1ccc(-c2nc3ccc4ccc5ccc(-c6nc(-c7ccc8ccccc8c7)cc(-c7ccc8ccccc8c7)n6)cc5c4c3n2-c2ccccc2)cc1. The fourth-order valence-corrected chi connectivity index (χ4v) is 8.02. The second-order valence-electron chi connectivity index (χ2n) is 14.1. The van der Waals surface area contributed by atoms with E-state index >= 15 is 0 Å². The molecule has 0 amide bonds. The van der Waals surface area contributed by atoms with Gasteiger partial charge in [0.1, 0.15) is 5.82 Å². The third-order valence-electron chi connectivity index (χ3n) is 10.7. The van der Waals surface area contributed by atoms with Crippen molar-refractivity contribution in [1.82, 2.24) is 19.5 Å². The molecule has 55 heavy (non-hydrogen) atoms. The van der Waals surface area contributed by atoms with Crippen molar-refractivity contribution in [2.24, 2.45) is 0 Å². The highest BCUT2D eigenvalue weighted by atomic mass is 15.1. The molecule has 11 rings (SSSR count). The maximum Gasteiger partial charge on any atom is 0.160 e. The summed E-state index contributed by atoms with van der Waals surface area (Å²) >= 11 is 0. The van der Waals surface area contributed by atoms with E-state index in [1.165, 1.54) is 21.5 Å². The van der Waals surface area contributed by atoms with E-state index in [2.05, 4.69) is 193 Å². The molecule has 2 aromatic heterocycles. The molecule has 0 fully saturated rings. The molecule has 0 radical (unpaired) electrons. The van der Waals surface area contributed by atoms with Crippen molar-refractivity contribution >= 4 is 54.1 Å². The van der Waals surface area contributed by atoms with Gasteiger partial charge in [0, 0.05) is 33.3 Å². The lowest BCUT2D eigenvalue weighted by molar-refractivity contribution is 1.11. The Morgan fingerprint density at radius 3 is 1.55 bits per heavy atom. The lowest BCUT2D eigenvalue weighted by atomic mass is 9.98. The summed E-state index contributed by atoms with van der Waals surface area (Å²) in [4.78, 5) is 15.9. The molecule has 256 valence electrons. The first-order valence-electron chi connectivity index (χ1n) is 18.6. The van der Waals surface area contributed by atoms with E-state index in [1.807, 2.05) is 6.07 Å². The molecule has 4 nitrogen and oxygen atoms in total. The number of fused-ring (bicyclic) bond motifs is 7. The Morgan fingerprint density at radius 1 is 0.345 bits per heavy atom. The highest BCUT2D eigenvalue weighted by molar-refractivity contribution is 6.20. The van der Waals surface area contributed by atoms with Gasteiger partial charge in [-0.3, -0.25) is 4.57 Å². The van der Waals surface area contributed by atoms with Crippen molar-refractivity contribution in [3.63, 3.8) is 0 Å². The fourth-order valence-electron chi connectivity index (χ4n) is 8.02. The first-order valence-corrected chi connectivity index (χ1v) is 18.6. The number of imidazole rings is 1. The van der Waals surface area contributed by atoms with E-state index < -0.39 is 0 Å². The van der Waals surface area contributed by atoms with Gasteiger partial charge in [0.2, 0.25) is 0 Å². The molecule has 0 saturated heterocycles. The minimum atomic E-state index is 0.682. The van der Waals surface area contributed by atoms with Crippen molar-refractivity contribution in [3.05, 3.63) is 194 Å². The summed E-state index contributed by atoms with van der Waals surface area (Å²) in [5.41, 5.74) is 8.98. The molecule has 0 bridgehead atoms. The Balaban J connectivity index is 1.17. The third-order valence-corrected chi connectivity index (χ3v) is 10.7. The number of benzene rings is 9. The molecule has 0 N–H and O–H groups in total. The summed E-state index contributed by atoms with van der Waals surface area (Å²) in [5, 5.41) is 9.33. The van der Waals surface area contributed by atoms with Crippen LogP contribution in [0.25, 0.3) is 105 Å². The van der Waals surface area contributed by atoms with E-state index in [0.29, 0.717) is 5.82 Å². The van der Waals surface area contributed by atoms with Crippen LogP contribution in [0.2, 0.25) is 0 Å². The zero-order valence-electron chi connectivity index (χ0n) is 29.8. The van der Waals surface area contributed by atoms with Gasteiger partial charge in [0.15, 0.2) is 5.82 Å². The van der Waals surface area contributed by atoms with Gasteiger partial charge in [-0.15, -0.1) is 0 Å². The largest absolute Gasteiger partial charge is 0.292 e. The van der Waals surface area contributed by atoms with Crippen LogP contribution in [0.5, 0.6) is 0 Å². The summed E-state index contributed by atoms with van der Waals surface area (Å²) in [6.07, 6.45) is 0. The maximum absolute atomic E-state index is 5.30. The van der Waals surface area contributed by atoms with E-state index in [1.54, 1.807) is 0 Å². The van der Waals surface area contributed by atoms with Crippen molar-refractivity contribution in [2.75, 3.05) is 0 Å². The average Bonchev–Trinajstić information content (AvgIpc) is 3.66. The molecular weight excluding hydrogens is 669 g/mol. The van der Waals surface area contributed by atoms with Crippen LogP contribution in [0.3, 0.4) is 0 Å². The van der Waals surface area contributed by atoms with E-state index in [-0.39, 0.29) is 0 Å². The van der Waals surface area contributed by atoms with Crippen molar-refractivity contribution in [2.45, 2.75) is 0 Å². The summed E-state index contributed by atoms with van der Waals surface area (Å²) in [5.74, 6) is 1.59. The second kappa shape index (κ2) is 12.6. The lowest BCUT2D eigenvalue weighted by Gasteiger charge is -2.14. The van der Waals surface area contributed by atoms with E-state index in [0.717, 1.165) is 77.7 Å². The smallest absolute Gasteiger partial charge is 0.160 e. The molecule has 4 heteroatoms. The summed E-state index contributed by atoms with van der Waals surface area (Å²) in [6.45, 7) is 0. The first kappa shape index (κ1) is 31.1. The van der Waals surface area contributed by atoms with Crippen molar-refractivity contribution in [3.8, 4) is 51.0 Å². The molecule has 0 unspecified atom stereocenters. The zero-order chi connectivity index (χ0) is 36.3. The van der Waals surface area contributed by atoms with Gasteiger partial charge < -0.3 is 0 Å². The number of aromatic nitrogens is 4. The van der Waals surface area contributed by atoms with Gasteiger partial charge in [0.05, 0.1) is 22.4 Å². The van der Waals surface area contributed by atoms with Gasteiger partial charge >= 0.3 is 0 Å². The van der Waals surface area contributed by atoms with E-state index in [4.69, 9.17) is 15.0 Å². The predicted molar refractivity (Wildman–Crippen MR) is 228 cm³/mol. The molecule has 0 aliphatic heterocycles. The third kappa shape index (κ3) is 5.34. The maximum atomic E-state index is 5.30. The molecule has 0 saturated carbocycles. The number of hydrogen-bond acceptors (Lipinski definition) is 3. The zero-order valence-corrected chi connectivity index (χ0v) is 29.8. The summed E-state index contributed by atoms with van der Waals surface area (Å²) < 4.78 is 2.31. The number of rotatable bonds is 5. The van der Waals surface area contributed by atoms with Crippen LogP contribution in [-0.4, -0.2) is 19.5 Å². The first-order chi connectivity index (χ1) is 27.2. The Bertz CT molecular complexity index is 3160. The quantitative estimate of drug-likeness (QED) is 0.168. The number of para-hydroxylation sites is 1. The molecule has 9 aromatic carbocycles. The number of hydrogen-bond donors (Lipinski definition) is 0. The summed E-state index contributed by atoms with van der Waals surface area (Å²) in [7, 11) is 0. The molecule has 0 aliphatic rings. The van der Waals surface area contributed by atoms with Gasteiger partial charge in [0.25, 0.3) is 0 Å². The predicted octanol–water partition coefficient (Wildman–Crippen LogP) is 13.1. The van der Waals surface area contributed by atoms with Crippen molar-refractivity contribution < 1.29 is 0 Å². The van der Waals surface area contributed by atoms with Crippen LogP contribution in [0.15, 0.2) is 194 Å². The van der Waals surface area contributed by atoms with E-state index in [9.17, 15) is 0 Å². The molecule has 11 aromatic rings. The van der Waals surface area contributed by atoms with Crippen LogP contribution in [-0.2, 0) is 0 Å². The average molecular weight is 701 g/mol. The van der Waals surface area contributed by atoms with Crippen LogP contribution < -0.4 is 0 Å². The normalized spacial score (nSPS) is 11.6. The van der Waals surface area contributed by atoms with Gasteiger partial charge in [-0.05, 0) is 80.2 Å². The van der Waals surface area contributed by atoms with Crippen LogP contribution >= 0.6 is 0 Å². The molecule has 0 spiro atoms. The Hall–Kier alpha value is -7.43. The Kier molecular flexibility index (Phi) is 7.14. The molecule has 0 aliphatic carbocycles. The lowest BCUT2D eigenvalue weighted by Crippen LogP contribution is -1.98. The fraction of sp³-hybridized carbons (Fsp3) is 0. The molecular formula is C51H32N4. The van der Waals surface area contributed by atoms with Gasteiger partial charge in [-0.25, -0.2) is 15.0 Å². The van der Waals surface area contributed by atoms with Gasteiger partial charge in [-0.1, -0.05) is 152 Å². The minimum Gasteiger partial charge on any atom is -0.292 e.